The van der Waals surface area contributed by atoms with E-state index < -0.39 is 0 Å². The SMILES string of the molecule is Cc1ccc(-c2nc(C(=O)NN3CCOCC3)n(C)c2-c2ccc(C)cc2)cc1.[HH]. The van der Waals surface area contributed by atoms with Crippen LogP contribution < -0.4 is 5.43 Å². The minimum atomic E-state index is -0.207. The van der Waals surface area contributed by atoms with Crippen molar-refractivity contribution < 1.29 is 11.0 Å². The fourth-order valence-electron chi connectivity index (χ4n) is 3.52. The van der Waals surface area contributed by atoms with E-state index in [1.165, 1.54) is 11.1 Å². The monoisotopic (exact) mass is 392 g/mol. The summed E-state index contributed by atoms with van der Waals surface area (Å²) in [6.07, 6.45) is 0. The van der Waals surface area contributed by atoms with Gasteiger partial charge in [0.15, 0.2) is 0 Å². The molecule has 1 aliphatic heterocycles. The summed E-state index contributed by atoms with van der Waals surface area (Å²) in [4.78, 5) is 17.8. The van der Waals surface area contributed by atoms with Crippen molar-refractivity contribution in [2.24, 2.45) is 7.05 Å². The fraction of sp³-hybridized carbons (Fsp3) is 0.304. The minimum Gasteiger partial charge on any atom is -0.379 e. The van der Waals surface area contributed by atoms with Gasteiger partial charge in [0.25, 0.3) is 0 Å². The lowest BCUT2D eigenvalue weighted by Gasteiger charge is -2.26. The number of hydrogen-bond donors (Lipinski definition) is 1. The first-order chi connectivity index (χ1) is 14.0. The van der Waals surface area contributed by atoms with Crippen molar-refractivity contribution in [2.45, 2.75) is 13.8 Å². The summed E-state index contributed by atoms with van der Waals surface area (Å²) in [5, 5.41) is 1.89. The Balaban J connectivity index is 0.00000256. The first kappa shape index (κ1) is 19.4. The van der Waals surface area contributed by atoms with Crippen LogP contribution in [-0.2, 0) is 11.8 Å². The maximum absolute atomic E-state index is 13.0. The molecule has 0 atom stereocenters. The van der Waals surface area contributed by atoms with Gasteiger partial charge in [0.2, 0.25) is 5.82 Å². The molecule has 0 unspecified atom stereocenters. The highest BCUT2D eigenvalue weighted by molar-refractivity contribution is 5.94. The number of aryl methyl sites for hydroxylation is 2. The highest BCUT2D eigenvalue weighted by Crippen LogP contribution is 2.32. The van der Waals surface area contributed by atoms with Crippen molar-refractivity contribution in [1.82, 2.24) is 20.0 Å². The number of morpholine rings is 1. The van der Waals surface area contributed by atoms with Crippen molar-refractivity contribution in [3.05, 3.63) is 65.5 Å². The predicted molar refractivity (Wildman–Crippen MR) is 116 cm³/mol. The lowest BCUT2D eigenvalue weighted by molar-refractivity contribution is 0.0122. The number of benzene rings is 2. The standard InChI is InChI=1S/C23H26N4O2.H2/c1-16-4-8-18(9-5-16)20-21(19-10-6-17(2)7-11-19)26(3)22(24-20)23(28)25-27-12-14-29-15-13-27;/h4-11H,12-15H2,1-3H3,(H,25,28);1H. The quantitative estimate of drug-likeness (QED) is 0.737. The average Bonchev–Trinajstić information content (AvgIpc) is 3.07. The van der Waals surface area contributed by atoms with Crippen LogP contribution in [0.4, 0.5) is 0 Å². The summed E-state index contributed by atoms with van der Waals surface area (Å²) < 4.78 is 7.24. The number of hydrazine groups is 1. The second kappa shape index (κ2) is 8.19. The second-order valence-electron chi connectivity index (χ2n) is 7.46. The van der Waals surface area contributed by atoms with E-state index in [9.17, 15) is 4.79 Å². The molecular weight excluding hydrogens is 364 g/mol. The number of rotatable bonds is 4. The molecule has 1 aromatic heterocycles. The lowest BCUT2D eigenvalue weighted by atomic mass is 10.0. The van der Waals surface area contributed by atoms with E-state index in [0.29, 0.717) is 32.1 Å². The summed E-state index contributed by atoms with van der Waals surface area (Å²) in [6.45, 7) is 6.70. The maximum Gasteiger partial charge on any atom is 0.301 e. The molecule has 0 aliphatic carbocycles. The van der Waals surface area contributed by atoms with Gasteiger partial charge < -0.3 is 9.30 Å². The Bertz CT molecular complexity index is 1010. The van der Waals surface area contributed by atoms with Gasteiger partial charge in [0, 0.05) is 32.7 Å². The Morgan fingerprint density at radius 3 is 2.10 bits per heavy atom. The van der Waals surface area contributed by atoms with Gasteiger partial charge in [-0.25, -0.2) is 9.99 Å². The van der Waals surface area contributed by atoms with Crippen LogP contribution in [-0.4, -0.2) is 46.8 Å². The van der Waals surface area contributed by atoms with E-state index >= 15 is 0 Å². The number of carbonyl (C=O) groups is 1. The Morgan fingerprint density at radius 1 is 0.966 bits per heavy atom. The zero-order valence-corrected chi connectivity index (χ0v) is 17.1. The first-order valence-corrected chi connectivity index (χ1v) is 9.87. The van der Waals surface area contributed by atoms with Crippen LogP contribution in [0.2, 0.25) is 0 Å². The number of aromatic nitrogens is 2. The van der Waals surface area contributed by atoms with Gasteiger partial charge in [-0.3, -0.25) is 10.2 Å². The lowest BCUT2D eigenvalue weighted by Crippen LogP contribution is -2.48. The van der Waals surface area contributed by atoms with Crippen LogP contribution in [0, 0.1) is 13.8 Å². The summed E-state index contributed by atoms with van der Waals surface area (Å²) in [5.41, 5.74) is 9.12. The topological polar surface area (TPSA) is 59.4 Å². The van der Waals surface area contributed by atoms with Crippen LogP contribution >= 0.6 is 0 Å². The fourth-order valence-corrected chi connectivity index (χ4v) is 3.52. The van der Waals surface area contributed by atoms with E-state index in [1.807, 2.05) is 16.6 Å². The molecule has 2 heterocycles. The summed E-state index contributed by atoms with van der Waals surface area (Å²) in [5.74, 6) is 0.184. The van der Waals surface area contributed by atoms with E-state index in [2.05, 4.69) is 67.8 Å². The van der Waals surface area contributed by atoms with Gasteiger partial charge in [-0.2, -0.15) is 0 Å². The molecule has 29 heavy (non-hydrogen) atoms. The van der Waals surface area contributed by atoms with E-state index in [-0.39, 0.29) is 7.33 Å². The molecule has 2 aromatic carbocycles. The van der Waals surface area contributed by atoms with Crippen molar-refractivity contribution in [3.8, 4) is 22.5 Å². The normalized spacial score (nSPS) is 14.7. The van der Waals surface area contributed by atoms with Crippen molar-refractivity contribution in [2.75, 3.05) is 26.3 Å². The predicted octanol–water partition coefficient (Wildman–Crippen LogP) is 3.59. The van der Waals surface area contributed by atoms with Crippen LogP contribution in [0.1, 0.15) is 23.2 Å². The number of nitrogens with one attached hydrogen (secondary N) is 1. The van der Waals surface area contributed by atoms with Crippen LogP contribution in [0.5, 0.6) is 0 Å². The highest BCUT2D eigenvalue weighted by atomic mass is 16.5. The summed E-state index contributed by atoms with van der Waals surface area (Å²) in [7, 11) is 1.90. The molecule has 0 saturated carbocycles. The smallest absolute Gasteiger partial charge is 0.301 e. The third-order valence-electron chi connectivity index (χ3n) is 5.22. The molecule has 152 valence electrons. The highest BCUT2D eigenvalue weighted by Gasteiger charge is 2.24. The summed E-state index contributed by atoms with van der Waals surface area (Å²) >= 11 is 0. The van der Waals surface area contributed by atoms with Gasteiger partial charge in [-0.1, -0.05) is 59.7 Å². The van der Waals surface area contributed by atoms with E-state index in [4.69, 9.17) is 9.72 Å². The van der Waals surface area contributed by atoms with Crippen molar-refractivity contribution in [3.63, 3.8) is 0 Å². The molecule has 3 aromatic rings. The van der Waals surface area contributed by atoms with Crippen molar-refractivity contribution in [1.29, 1.82) is 0 Å². The number of ether oxygens (including phenoxy) is 1. The molecule has 1 saturated heterocycles. The Hall–Kier alpha value is -2.96. The largest absolute Gasteiger partial charge is 0.379 e. The molecular formula is C23H28N4O2. The number of carbonyl (C=O) groups excluding carboxylic acids is 1. The number of hydrogen-bond acceptors (Lipinski definition) is 4. The van der Waals surface area contributed by atoms with Crippen molar-refractivity contribution >= 4 is 5.91 Å². The molecule has 4 rings (SSSR count). The zero-order chi connectivity index (χ0) is 20.4. The number of imidazole rings is 1. The zero-order valence-electron chi connectivity index (χ0n) is 17.1. The molecule has 0 radical (unpaired) electrons. The molecule has 1 fully saturated rings. The molecule has 0 spiro atoms. The number of nitrogens with zero attached hydrogens (tertiary/aromatic N) is 3. The Kier molecular flexibility index (Phi) is 5.47. The Morgan fingerprint density at radius 2 is 1.52 bits per heavy atom. The van der Waals surface area contributed by atoms with Crippen LogP contribution in [0.25, 0.3) is 22.5 Å². The molecule has 6 nitrogen and oxygen atoms in total. The number of amides is 1. The minimum absolute atomic E-state index is 0. The third kappa shape index (κ3) is 4.09. The van der Waals surface area contributed by atoms with Crippen LogP contribution in [0.15, 0.2) is 48.5 Å². The average molecular weight is 393 g/mol. The maximum atomic E-state index is 13.0. The van der Waals surface area contributed by atoms with E-state index in [0.717, 1.165) is 22.5 Å². The Labute approximate surface area is 172 Å². The van der Waals surface area contributed by atoms with Gasteiger partial charge in [-0.15, -0.1) is 0 Å². The molecule has 6 heteroatoms. The molecule has 1 aliphatic rings. The van der Waals surface area contributed by atoms with Gasteiger partial charge in [0.1, 0.15) is 0 Å². The third-order valence-corrected chi connectivity index (χ3v) is 5.22. The van der Waals surface area contributed by atoms with E-state index in [1.54, 1.807) is 0 Å². The van der Waals surface area contributed by atoms with Gasteiger partial charge in [-0.05, 0) is 13.8 Å². The first-order valence-electron chi connectivity index (χ1n) is 9.87. The van der Waals surface area contributed by atoms with Gasteiger partial charge >= 0.3 is 5.91 Å². The summed E-state index contributed by atoms with van der Waals surface area (Å²) in [6, 6.07) is 16.6. The molecule has 1 amide bonds. The van der Waals surface area contributed by atoms with Crippen LogP contribution in [0.3, 0.4) is 0 Å². The molecule has 1 N–H and O–H groups in total. The second-order valence-corrected chi connectivity index (χ2v) is 7.46. The van der Waals surface area contributed by atoms with Gasteiger partial charge in [0.05, 0.1) is 24.6 Å². The molecule has 0 bridgehead atoms.